The molecule has 4 nitrogen and oxygen atoms in total. The fraction of sp³-hybridized carbons (Fsp3) is 0.692. The van der Waals surface area contributed by atoms with Gasteiger partial charge in [0.25, 0.3) is 5.56 Å². The molecule has 96 valence electrons. The number of aryl methyl sites for hydroxylation is 1. The summed E-state index contributed by atoms with van der Waals surface area (Å²) in [6.45, 7) is 9.89. The van der Waals surface area contributed by atoms with E-state index in [9.17, 15) is 4.79 Å². The summed E-state index contributed by atoms with van der Waals surface area (Å²) in [4.78, 5) is 11.8. The molecule has 0 fully saturated rings. The molecular formula is C13H23N3O. The van der Waals surface area contributed by atoms with Crippen LogP contribution >= 0.6 is 0 Å². The van der Waals surface area contributed by atoms with Crippen molar-refractivity contribution in [2.45, 2.75) is 46.7 Å². The molecular weight excluding hydrogens is 214 g/mol. The van der Waals surface area contributed by atoms with Crippen molar-refractivity contribution in [2.75, 3.05) is 6.54 Å². The first-order valence-electron chi connectivity index (χ1n) is 6.35. The lowest BCUT2D eigenvalue weighted by Crippen LogP contribution is -2.41. The molecule has 0 aliphatic carbocycles. The number of rotatable bonds is 6. The number of likely N-dealkylation sites (N-methyl/N-ethyl adjacent to an activating group) is 1. The second-order valence-corrected chi connectivity index (χ2v) is 4.60. The second-order valence-electron chi connectivity index (χ2n) is 4.60. The van der Waals surface area contributed by atoms with Crippen LogP contribution in [0.1, 0.15) is 32.8 Å². The topological polar surface area (TPSA) is 46.9 Å². The minimum absolute atomic E-state index is 0.0174. The van der Waals surface area contributed by atoms with E-state index in [1.807, 2.05) is 6.92 Å². The van der Waals surface area contributed by atoms with Crippen molar-refractivity contribution in [3.8, 4) is 0 Å². The molecule has 1 rings (SSSR count). The largest absolute Gasteiger partial charge is 0.312 e. The van der Waals surface area contributed by atoms with E-state index in [-0.39, 0.29) is 5.56 Å². The van der Waals surface area contributed by atoms with E-state index < -0.39 is 0 Å². The van der Waals surface area contributed by atoms with Gasteiger partial charge in [-0.05, 0) is 24.9 Å². The van der Waals surface area contributed by atoms with E-state index in [0.29, 0.717) is 18.5 Å². The molecule has 0 bridgehead atoms. The second kappa shape index (κ2) is 6.55. The van der Waals surface area contributed by atoms with Crippen molar-refractivity contribution in [3.63, 3.8) is 0 Å². The lowest BCUT2D eigenvalue weighted by atomic mass is 9.99. The molecule has 1 aromatic heterocycles. The van der Waals surface area contributed by atoms with E-state index in [2.05, 4.69) is 31.2 Å². The maximum Gasteiger partial charge on any atom is 0.267 e. The lowest BCUT2D eigenvalue weighted by molar-refractivity contribution is 0.318. The third-order valence-electron chi connectivity index (χ3n) is 3.17. The number of nitrogens with one attached hydrogen (secondary N) is 1. The molecule has 0 spiro atoms. The first-order valence-corrected chi connectivity index (χ1v) is 6.35. The van der Waals surface area contributed by atoms with Gasteiger partial charge < -0.3 is 5.32 Å². The van der Waals surface area contributed by atoms with Crippen molar-refractivity contribution >= 4 is 0 Å². The van der Waals surface area contributed by atoms with Crippen LogP contribution in [0.15, 0.2) is 17.1 Å². The molecule has 1 aromatic rings. The molecule has 0 aromatic carbocycles. The van der Waals surface area contributed by atoms with Crippen LogP contribution in [0.5, 0.6) is 0 Å². The summed E-state index contributed by atoms with van der Waals surface area (Å²) in [7, 11) is 0. The van der Waals surface area contributed by atoms with Crippen molar-refractivity contribution in [3.05, 3.63) is 28.2 Å². The summed E-state index contributed by atoms with van der Waals surface area (Å²) >= 11 is 0. The number of nitrogens with zero attached hydrogens (tertiary/aromatic N) is 2. The Labute approximate surface area is 103 Å². The molecule has 2 unspecified atom stereocenters. The summed E-state index contributed by atoms with van der Waals surface area (Å²) in [5.74, 6) is 0.532. The van der Waals surface area contributed by atoms with Gasteiger partial charge in [0.05, 0.1) is 12.7 Å². The van der Waals surface area contributed by atoms with Gasteiger partial charge in [0.1, 0.15) is 0 Å². The zero-order valence-corrected chi connectivity index (χ0v) is 11.2. The predicted molar refractivity (Wildman–Crippen MR) is 70.2 cm³/mol. The van der Waals surface area contributed by atoms with Crippen LogP contribution in [-0.2, 0) is 6.54 Å². The van der Waals surface area contributed by atoms with Gasteiger partial charge in [-0.3, -0.25) is 4.79 Å². The van der Waals surface area contributed by atoms with Crippen LogP contribution in [0.4, 0.5) is 0 Å². The summed E-state index contributed by atoms with van der Waals surface area (Å²) in [5.41, 5.74) is 0.894. The third kappa shape index (κ3) is 3.97. The third-order valence-corrected chi connectivity index (χ3v) is 3.17. The van der Waals surface area contributed by atoms with E-state index in [1.165, 1.54) is 0 Å². The normalized spacial score (nSPS) is 14.6. The van der Waals surface area contributed by atoms with Crippen LogP contribution in [0.2, 0.25) is 0 Å². The van der Waals surface area contributed by atoms with Gasteiger partial charge in [0, 0.05) is 12.1 Å². The van der Waals surface area contributed by atoms with Crippen molar-refractivity contribution < 1.29 is 0 Å². The molecule has 0 amide bonds. The zero-order valence-electron chi connectivity index (χ0n) is 11.2. The Balaban J connectivity index is 2.82. The van der Waals surface area contributed by atoms with Gasteiger partial charge in [-0.2, -0.15) is 5.10 Å². The molecule has 2 atom stereocenters. The van der Waals surface area contributed by atoms with Crippen molar-refractivity contribution in [2.24, 2.45) is 5.92 Å². The molecule has 4 heteroatoms. The van der Waals surface area contributed by atoms with Gasteiger partial charge in [-0.15, -0.1) is 0 Å². The highest BCUT2D eigenvalue weighted by atomic mass is 16.1. The highest BCUT2D eigenvalue weighted by molar-refractivity contribution is 5.02. The average Bonchev–Trinajstić information content (AvgIpc) is 2.30. The first kappa shape index (κ1) is 13.9. The van der Waals surface area contributed by atoms with Gasteiger partial charge in [0.15, 0.2) is 0 Å². The van der Waals surface area contributed by atoms with E-state index >= 15 is 0 Å². The smallest absolute Gasteiger partial charge is 0.267 e. The Hall–Kier alpha value is -1.16. The van der Waals surface area contributed by atoms with Crippen LogP contribution in [0.25, 0.3) is 0 Å². The number of aromatic nitrogens is 2. The summed E-state index contributed by atoms with van der Waals surface area (Å²) in [6.07, 6.45) is 2.83. The van der Waals surface area contributed by atoms with Crippen LogP contribution in [0, 0.1) is 12.8 Å². The minimum Gasteiger partial charge on any atom is -0.312 e. The quantitative estimate of drug-likeness (QED) is 0.817. The Morgan fingerprint density at radius 1 is 1.47 bits per heavy atom. The molecule has 17 heavy (non-hydrogen) atoms. The predicted octanol–water partition coefficient (Wildman–Crippen LogP) is 1.58. The van der Waals surface area contributed by atoms with Gasteiger partial charge in [0.2, 0.25) is 0 Å². The Bertz CT molecular complexity index is 400. The Kier molecular flexibility index (Phi) is 5.35. The fourth-order valence-corrected chi connectivity index (χ4v) is 1.84. The SMILES string of the molecule is CCNC(Cn1ncc(C)cc1=O)C(C)CC. The molecule has 0 aliphatic rings. The van der Waals surface area contributed by atoms with E-state index in [4.69, 9.17) is 0 Å². The minimum atomic E-state index is -0.0174. The van der Waals surface area contributed by atoms with Gasteiger partial charge in [-0.25, -0.2) is 4.68 Å². The van der Waals surface area contributed by atoms with E-state index in [1.54, 1.807) is 16.9 Å². The Morgan fingerprint density at radius 2 is 2.18 bits per heavy atom. The summed E-state index contributed by atoms with van der Waals surface area (Å²) in [6, 6.07) is 1.94. The highest BCUT2D eigenvalue weighted by Crippen LogP contribution is 2.08. The van der Waals surface area contributed by atoms with Crippen molar-refractivity contribution in [1.29, 1.82) is 0 Å². The lowest BCUT2D eigenvalue weighted by Gasteiger charge is -2.24. The maximum absolute atomic E-state index is 11.8. The molecule has 1 N–H and O–H groups in total. The standard InChI is InChI=1S/C13H23N3O/c1-5-11(4)12(14-6-2)9-16-13(17)7-10(3)8-15-16/h7-8,11-12,14H,5-6,9H2,1-4H3. The van der Waals surface area contributed by atoms with Crippen molar-refractivity contribution in [1.82, 2.24) is 15.1 Å². The molecule has 0 saturated carbocycles. The van der Waals surface area contributed by atoms with Crippen LogP contribution in [0.3, 0.4) is 0 Å². The number of hydrogen-bond donors (Lipinski definition) is 1. The molecule has 0 aliphatic heterocycles. The molecule has 0 saturated heterocycles. The monoisotopic (exact) mass is 237 g/mol. The zero-order chi connectivity index (χ0) is 12.8. The fourth-order valence-electron chi connectivity index (χ4n) is 1.84. The summed E-state index contributed by atoms with van der Waals surface area (Å²) in [5, 5.41) is 7.60. The highest BCUT2D eigenvalue weighted by Gasteiger charge is 2.16. The number of hydrogen-bond acceptors (Lipinski definition) is 3. The molecule has 1 heterocycles. The Morgan fingerprint density at radius 3 is 2.71 bits per heavy atom. The van der Waals surface area contributed by atoms with Crippen LogP contribution in [-0.4, -0.2) is 22.4 Å². The van der Waals surface area contributed by atoms with Crippen LogP contribution < -0.4 is 10.9 Å². The first-order chi connectivity index (χ1) is 8.08. The average molecular weight is 237 g/mol. The van der Waals surface area contributed by atoms with Gasteiger partial charge >= 0.3 is 0 Å². The van der Waals surface area contributed by atoms with Gasteiger partial charge in [-0.1, -0.05) is 27.2 Å². The summed E-state index contributed by atoms with van der Waals surface area (Å²) < 4.78 is 1.55. The molecule has 0 radical (unpaired) electrons. The van der Waals surface area contributed by atoms with E-state index in [0.717, 1.165) is 18.5 Å². The maximum atomic E-state index is 11.8.